The van der Waals surface area contributed by atoms with Gasteiger partial charge in [0, 0.05) is 18.3 Å². The van der Waals surface area contributed by atoms with E-state index >= 15 is 0 Å². The molecule has 2 rings (SSSR count). The first-order valence-electron chi connectivity index (χ1n) is 6.13. The molecule has 19 heavy (non-hydrogen) atoms. The smallest absolute Gasteiger partial charge is 0.227 e. The molecule has 0 aliphatic rings. The highest BCUT2D eigenvalue weighted by Crippen LogP contribution is 2.31. The maximum Gasteiger partial charge on any atom is 0.227 e. The summed E-state index contributed by atoms with van der Waals surface area (Å²) in [7, 11) is 1.61. The van der Waals surface area contributed by atoms with Gasteiger partial charge in [0.1, 0.15) is 0 Å². The molecular weight excluding hydrogens is 242 g/mol. The molecule has 2 aromatic rings. The van der Waals surface area contributed by atoms with Crippen molar-refractivity contribution in [3.8, 4) is 17.4 Å². The minimum absolute atomic E-state index is 0.524. The molecule has 0 spiro atoms. The number of nitrogens with zero attached hydrogens (tertiary/aromatic N) is 2. The van der Waals surface area contributed by atoms with E-state index in [2.05, 4.69) is 15.3 Å². The van der Waals surface area contributed by atoms with E-state index in [1.54, 1.807) is 13.3 Å². The molecule has 0 saturated carbocycles. The van der Waals surface area contributed by atoms with Crippen molar-refractivity contribution in [2.24, 2.45) is 0 Å². The number of hydrogen-bond donors (Lipinski definition) is 1. The van der Waals surface area contributed by atoms with E-state index in [0.29, 0.717) is 23.3 Å². The fraction of sp³-hybridized carbons (Fsp3) is 0.286. The molecule has 1 N–H and O–H groups in total. The van der Waals surface area contributed by atoms with E-state index in [1.165, 1.54) is 0 Å². The SMILES string of the molecule is CCNc1ncc(C)c(Oc2ccccc2OC)n1. The second kappa shape index (κ2) is 6.04. The number of aromatic nitrogens is 2. The Morgan fingerprint density at radius 1 is 1.21 bits per heavy atom. The van der Waals surface area contributed by atoms with E-state index in [0.717, 1.165) is 12.1 Å². The summed E-state index contributed by atoms with van der Waals surface area (Å²) in [6.45, 7) is 4.65. The number of rotatable bonds is 5. The maximum absolute atomic E-state index is 5.80. The lowest BCUT2D eigenvalue weighted by atomic mass is 10.3. The van der Waals surface area contributed by atoms with E-state index in [9.17, 15) is 0 Å². The molecule has 1 heterocycles. The molecule has 0 fully saturated rings. The lowest BCUT2D eigenvalue weighted by Gasteiger charge is -2.11. The van der Waals surface area contributed by atoms with Gasteiger partial charge in [-0.15, -0.1) is 0 Å². The highest BCUT2D eigenvalue weighted by molar-refractivity contribution is 5.43. The van der Waals surface area contributed by atoms with Crippen LogP contribution in [0.2, 0.25) is 0 Å². The third-order valence-electron chi connectivity index (χ3n) is 2.54. The quantitative estimate of drug-likeness (QED) is 0.894. The highest BCUT2D eigenvalue weighted by atomic mass is 16.5. The van der Waals surface area contributed by atoms with Gasteiger partial charge in [0.05, 0.1) is 7.11 Å². The lowest BCUT2D eigenvalue weighted by molar-refractivity contribution is 0.373. The van der Waals surface area contributed by atoms with Crippen LogP contribution in [0.1, 0.15) is 12.5 Å². The Morgan fingerprint density at radius 3 is 2.63 bits per heavy atom. The second-order valence-electron chi connectivity index (χ2n) is 3.97. The summed E-state index contributed by atoms with van der Waals surface area (Å²) in [5.41, 5.74) is 0.868. The first kappa shape index (κ1) is 13.1. The van der Waals surface area contributed by atoms with Gasteiger partial charge in [0.2, 0.25) is 11.8 Å². The van der Waals surface area contributed by atoms with Crippen LogP contribution in [0.4, 0.5) is 5.95 Å². The summed E-state index contributed by atoms with van der Waals surface area (Å²) in [6.07, 6.45) is 1.73. The molecule has 0 radical (unpaired) electrons. The molecule has 0 atom stereocenters. The van der Waals surface area contributed by atoms with Crippen molar-refractivity contribution in [2.45, 2.75) is 13.8 Å². The molecule has 0 bridgehead atoms. The van der Waals surface area contributed by atoms with Crippen molar-refractivity contribution < 1.29 is 9.47 Å². The first-order valence-corrected chi connectivity index (χ1v) is 6.13. The molecule has 0 unspecified atom stereocenters. The standard InChI is InChI=1S/C14H17N3O2/c1-4-15-14-16-9-10(2)13(17-14)19-12-8-6-5-7-11(12)18-3/h5-9H,4H2,1-3H3,(H,15,16,17). The molecule has 0 aliphatic carbocycles. The van der Waals surface area contributed by atoms with Gasteiger partial charge < -0.3 is 14.8 Å². The summed E-state index contributed by atoms with van der Waals surface area (Å²) in [5.74, 6) is 2.38. The Labute approximate surface area is 112 Å². The molecule has 1 aromatic carbocycles. The summed E-state index contributed by atoms with van der Waals surface area (Å²) in [6, 6.07) is 7.46. The zero-order chi connectivity index (χ0) is 13.7. The number of anilines is 1. The minimum atomic E-state index is 0.524. The first-order chi connectivity index (χ1) is 9.24. The van der Waals surface area contributed by atoms with Crippen molar-refractivity contribution in [1.82, 2.24) is 9.97 Å². The molecule has 5 nitrogen and oxygen atoms in total. The summed E-state index contributed by atoms with van der Waals surface area (Å²) in [5, 5.41) is 3.06. The Bertz CT molecular complexity index is 558. The Balaban J connectivity index is 2.29. The van der Waals surface area contributed by atoms with Gasteiger partial charge in [0.15, 0.2) is 11.5 Å². The lowest BCUT2D eigenvalue weighted by Crippen LogP contribution is -2.04. The second-order valence-corrected chi connectivity index (χ2v) is 3.97. The molecule has 0 saturated heterocycles. The van der Waals surface area contributed by atoms with Gasteiger partial charge in [-0.2, -0.15) is 4.98 Å². The van der Waals surface area contributed by atoms with Crippen molar-refractivity contribution in [2.75, 3.05) is 19.0 Å². The third kappa shape index (κ3) is 3.13. The normalized spacial score (nSPS) is 10.1. The average molecular weight is 259 g/mol. The maximum atomic E-state index is 5.80. The molecule has 1 aromatic heterocycles. The van der Waals surface area contributed by atoms with Crippen LogP contribution in [0.15, 0.2) is 30.5 Å². The van der Waals surface area contributed by atoms with Crippen molar-refractivity contribution in [3.05, 3.63) is 36.0 Å². The van der Waals surface area contributed by atoms with E-state index < -0.39 is 0 Å². The average Bonchev–Trinajstić information content (AvgIpc) is 2.43. The highest BCUT2D eigenvalue weighted by Gasteiger charge is 2.09. The number of benzene rings is 1. The van der Waals surface area contributed by atoms with Crippen molar-refractivity contribution >= 4 is 5.95 Å². The van der Waals surface area contributed by atoms with Gasteiger partial charge in [-0.25, -0.2) is 4.98 Å². The fourth-order valence-corrected chi connectivity index (χ4v) is 1.58. The van der Waals surface area contributed by atoms with Crippen molar-refractivity contribution in [1.29, 1.82) is 0 Å². The Hall–Kier alpha value is -2.30. The van der Waals surface area contributed by atoms with Crippen LogP contribution < -0.4 is 14.8 Å². The summed E-state index contributed by atoms with van der Waals surface area (Å²) in [4.78, 5) is 8.51. The van der Waals surface area contributed by atoms with Gasteiger partial charge in [-0.1, -0.05) is 12.1 Å². The Morgan fingerprint density at radius 2 is 1.95 bits per heavy atom. The summed E-state index contributed by atoms with van der Waals surface area (Å²) < 4.78 is 11.1. The zero-order valence-electron chi connectivity index (χ0n) is 11.3. The Kier molecular flexibility index (Phi) is 4.18. The van der Waals surface area contributed by atoms with E-state index in [1.807, 2.05) is 38.1 Å². The molecule has 5 heteroatoms. The van der Waals surface area contributed by atoms with Crippen molar-refractivity contribution in [3.63, 3.8) is 0 Å². The van der Waals surface area contributed by atoms with Crippen LogP contribution in [0.3, 0.4) is 0 Å². The monoisotopic (exact) mass is 259 g/mol. The molecular formula is C14H17N3O2. The van der Waals surface area contributed by atoms with Gasteiger partial charge in [-0.05, 0) is 26.0 Å². The molecule has 0 aliphatic heterocycles. The topological polar surface area (TPSA) is 56.3 Å². The predicted octanol–water partition coefficient (Wildman–Crippen LogP) is 3.02. The van der Waals surface area contributed by atoms with Crippen LogP contribution in [-0.2, 0) is 0 Å². The number of methoxy groups -OCH3 is 1. The zero-order valence-corrected chi connectivity index (χ0v) is 11.3. The van der Waals surface area contributed by atoms with Gasteiger partial charge in [0.25, 0.3) is 0 Å². The summed E-state index contributed by atoms with van der Waals surface area (Å²) >= 11 is 0. The van der Waals surface area contributed by atoms with Crippen LogP contribution in [0.5, 0.6) is 17.4 Å². The number of hydrogen-bond acceptors (Lipinski definition) is 5. The number of nitrogens with one attached hydrogen (secondary N) is 1. The minimum Gasteiger partial charge on any atom is -0.493 e. The number of para-hydroxylation sites is 2. The molecule has 0 amide bonds. The largest absolute Gasteiger partial charge is 0.493 e. The molecule has 100 valence electrons. The van der Waals surface area contributed by atoms with Crippen LogP contribution in [0.25, 0.3) is 0 Å². The van der Waals surface area contributed by atoms with Crippen LogP contribution in [-0.4, -0.2) is 23.6 Å². The van der Waals surface area contributed by atoms with Crippen LogP contribution >= 0.6 is 0 Å². The van der Waals surface area contributed by atoms with E-state index in [-0.39, 0.29) is 0 Å². The van der Waals surface area contributed by atoms with Gasteiger partial charge >= 0.3 is 0 Å². The third-order valence-corrected chi connectivity index (χ3v) is 2.54. The van der Waals surface area contributed by atoms with Crippen LogP contribution in [0, 0.1) is 6.92 Å². The number of aryl methyl sites for hydroxylation is 1. The van der Waals surface area contributed by atoms with Gasteiger partial charge in [-0.3, -0.25) is 0 Å². The predicted molar refractivity (Wildman–Crippen MR) is 74.0 cm³/mol. The number of ether oxygens (including phenoxy) is 2. The fourth-order valence-electron chi connectivity index (χ4n) is 1.58. The van der Waals surface area contributed by atoms with E-state index in [4.69, 9.17) is 9.47 Å².